The van der Waals surface area contributed by atoms with Crippen LogP contribution in [0.1, 0.15) is 97.8 Å². The molecule has 4 amide bonds. The Morgan fingerprint density at radius 2 is 1.66 bits per heavy atom. The molecule has 216 valence electrons. The first-order valence-electron chi connectivity index (χ1n) is 14.4. The molecule has 0 aromatic rings. The summed E-state index contributed by atoms with van der Waals surface area (Å²) in [6.45, 7) is 6.35. The van der Waals surface area contributed by atoms with Gasteiger partial charge in [0.1, 0.15) is 12.1 Å². The molecule has 0 aromatic heterocycles. The standard InChI is InChI=1S/C29H50N4O5/c1-4-5-6-7-8-9-10-11-12-14-20-31-29(38)33-27(23(3)34)28(37)32-24-16-13-15-19-30-26(36)18-17-22(2)21-25(24)35/h13,16-18,22-24,27,34H,4-12,14-15,19-21H2,1-3H3,(H,30,36)(H,32,37)(H2,31,33,38)/b16-13+,18-17+/t22-,23?,24-,27?/m0/s1. The summed E-state index contributed by atoms with van der Waals surface area (Å²) in [4.78, 5) is 49.8. The van der Waals surface area contributed by atoms with Crippen molar-refractivity contribution in [3.8, 4) is 0 Å². The van der Waals surface area contributed by atoms with E-state index in [1.807, 2.05) is 6.92 Å². The summed E-state index contributed by atoms with van der Waals surface area (Å²) in [5, 5.41) is 20.8. The number of hydrogen-bond donors (Lipinski definition) is 5. The van der Waals surface area contributed by atoms with E-state index in [0.717, 1.165) is 19.3 Å². The highest BCUT2D eigenvalue weighted by Gasteiger charge is 2.29. The topological polar surface area (TPSA) is 137 Å². The Bertz CT molecular complexity index is 781. The van der Waals surface area contributed by atoms with Crippen LogP contribution in [-0.4, -0.2) is 60.0 Å². The lowest BCUT2D eigenvalue weighted by molar-refractivity contribution is -0.129. The van der Waals surface area contributed by atoms with E-state index < -0.39 is 30.1 Å². The maximum Gasteiger partial charge on any atom is 0.315 e. The van der Waals surface area contributed by atoms with Crippen LogP contribution in [0.15, 0.2) is 24.3 Å². The fraction of sp³-hybridized carbons (Fsp3) is 0.724. The number of carbonyl (C=O) groups is 4. The molecule has 5 N–H and O–H groups in total. The molecular weight excluding hydrogens is 484 g/mol. The third kappa shape index (κ3) is 15.5. The Morgan fingerprint density at radius 1 is 1.03 bits per heavy atom. The predicted molar refractivity (Wildman–Crippen MR) is 150 cm³/mol. The van der Waals surface area contributed by atoms with Crippen LogP contribution in [0.5, 0.6) is 0 Å². The molecule has 9 nitrogen and oxygen atoms in total. The third-order valence-corrected chi connectivity index (χ3v) is 6.55. The van der Waals surface area contributed by atoms with E-state index in [4.69, 9.17) is 0 Å². The summed E-state index contributed by atoms with van der Waals surface area (Å²) in [7, 11) is 0. The van der Waals surface area contributed by atoms with Gasteiger partial charge in [-0.3, -0.25) is 14.4 Å². The van der Waals surface area contributed by atoms with Gasteiger partial charge in [-0.05, 0) is 31.8 Å². The summed E-state index contributed by atoms with van der Waals surface area (Å²) in [5.41, 5.74) is 0. The smallest absolute Gasteiger partial charge is 0.315 e. The lowest BCUT2D eigenvalue weighted by Crippen LogP contribution is -2.57. The molecule has 1 rings (SSSR count). The van der Waals surface area contributed by atoms with E-state index in [1.165, 1.54) is 57.9 Å². The Hall–Kier alpha value is -2.68. The summed E-state index contributed by atoms with van der Waals surface area (Å²) < 4.78 is 0. The number of rotatable bonds is 15. The summed E-state index contributed by atoms with van der Waals surface area (Å²) >= 11 is 0. The van der Waals surface area contributed by atoms with Gasteiger partial charge in [0.2, 0.25) is 11.8 Å². The first kappa shape index (κ1) is 33.3. The minimum Gasteiger partial charge on any atom is -0.391 e. The molecule has 9 heteroatoms. The van der Waals surface area contributed by atoms with Crippen LogP contribution >= 0.6 is 0 Å². The first-order chi connectivity index (χ1) is 18.2. The zero-order valence-electron chi connectivity index (χ0n) is 23.6. The molecule has 0 aromatic carbocycles. The monoisotopic (exact) mass is 534 g/mol. The van der Waals surface area contributed by atoms with Crippen LogP contribution in [0.3, 0.4) is 0 Å². The van der Waals surface area contributed by atoms with Crippen molar-refractivity contribution in [1.82, 2.24) is 21.3 Å². The second-order valence-corrected chi connectivity index (χ2v) is 10.3. The molecule has 0 aliphatic carbocycles. The normalized spacial score (nSPS) is 21.7. The van der Waals surface area contributed by atoms with Crippen molar-refractivity contribution in [2.24, 2.45) is 5.92 Å². The maximum absolute atomic E-state index is 12.9. The SMILES string of the molecule is CCCCCCCCCCCCNC(=O)NC(C(=O)N[C@H]1/C=C/CCNC(=O)/C=C/[C@H](C)CC1=O)C(C)O. The third-order valence-electron chi connectivity index (χ3n) is 6.55. The minimum atomic E-state index is -1.21. The molecule has 1 aliphatic heterocycles. The average molecular weight is 535 g/mol. The number of allylic oxidation sites excluding steroid dienone is 1. The largest absolute Gasteiger partial charge is 0.391 e. The van der Waals surface area contributed by atoms with Gasteiger partial charge >= 0.3 is 6.03 Å². The van der Waals surface area contributed by atoms with E-state index in [9.17, 15) is 24.3 Å². The molecule has 0 fully saturated rings. The van der Waals surface area contributed by atoms with E-state index in [2.05, 4.69) is 28.2 Å². The highest BCUT2D eigenvalue weighted by atomic mass is 16.3. The number of aliphatic hydroxyl groups excluding tert-OH is 1. The number of unbranched alkanes of at least 4 members (excludes halogenated alkanes) is 9. The molecule has 2 unspecified atom stereocenters. The van der Waals surface area contributed by atoms with Crippen LogP contribution in [0, 0.1) is 5.92 Å². The fourth-order valence-electron chi connectivity index (χ4n) is 4.22. The van der Waals surface area contributed by atoms with Crippen LogP contribution in [0.2, 0.25) is 0 Å². The van der Waals surface area contributed by atoms with Crippen molar-refractivity contribution in [2.45, 2.75) is 116 Å². The highest BCUT2D eigenvalue weighted by Crippen LogP contribution is 2.11. The van der Waals surface area contributed by atoms with Gasteiger partial charge in [0.05, 0.1) is 6.10 Å². The first-order valence-corrected chi connectivity index (χ1v) is 14.4. The number of ketones is 1. The van der Waals surface area contributed by atoms with Crippen molar-refractivity contribution in [3.05, 3.63) is 24.3 Å². The molecule has 38 heavy (non-hydrogen) atoms. The number of carbonyl (C=O) groups excluding carboxylic acids is 4. The number of amides is 4. The van der Waals surface area contributed by atoms with Crippen molar-refractivity contribution >= 4 is 23.6 Å². The lowest BCUT2D eigenvalue weighted by Gasteiger charge is -2.24. The molecule has 0 saturated heterocycles. The van der Waals surface area contributed by atoms with Gasteiger partial charge < -0.3 is 26.4 Å². The highest BCUT2D eigenvalue weighted by molar-refractivity contribution is 5.94. The van der Waals surface area contributed by atoms with E-state index in [-0.39, 0.29) is 24.0 Å². The van der Waals surface area contributed by atoms with Crippen LogP contribution < -0.4 is 21.3 Å². The second-order valence-electron chi connectivity index (χ2n) is 10.3. The van der Waals surface area contributed by atoms with Crippen molar-refractivity contribution in [2.75, 3.05) is 13.1 Å². The Morgan fingerprint density at radius 3 is 2.29 bits per heavy atom. The van der Waals surface area contributed by atoms with E-state index in [1.54, 1.807) is 18.2 Å². The van der Waals surface area contributed by atoms with Crippen molar-refractivity contribution in [3.63, 3.8) is 0 Å². The van der Waals surface area contributed by atoms with Gasteiger partial charge in [-0.25, -0.2) is 4.79 Å². The Labute approximate surface area is 228 Å². The van der Waals surface area contributed by atoms with Crippen LogP contribution in [0.25, 0.3) is 0 Å². The average Bonchev–Trinajstić information content (AvgIpc) is 2.87. The summed E-state index contributed by atoms with van der Waals surface area (Å²) in [5.74, 6) is -1.26. The maximum atomic E-state index is 12.9. The number of hydrogen-bond acceptors (Lipinski definition) is 5. The van der Waals surface area contributed by atoms with Crippen LogP contribution in [0.4, 0.5) is 4.79 Å². The number of urea groups is 1. The lowest BCUT2D eigenvalue weighted by atomic mass is 9.98. The van der Waals surface area contributed by atoms with Gasteiger partial charge in [-0.1, -0.05) is 89.9 Å². The zero-order chi connectivity index (χ0) is 28.2. The molecule has 0 spiro atoms. The van der Waals surface area contributed by atoms with E-state index >= 15 is 0 Å². The second kappa shape index (κ2) is 20.3. The quantitative estimate of drug-likeness (QED) is 0.161. The molecular formula is C29H50N4O5. The summed E-state index contributed by atoms with van der Waals surface area (Å²) in [6, 6.07) is -2.63. The Balaban J connectivity index is 2.48. The molecule has 0 radical (unpaired) electrons. The number of Topliss-reactive ketones (excluding diaryl/α,β-unsaturated/α-hetero) is 1. The number of nitrogens with one attached hydrogen (secondary N) is 4. The molecule has 1 aliphatic rings. The van der Waals surface area contributed by atoms with Crippen LogP contribution in [-0.2, 0) is 14.4 Å². The fourth-order valence-corrected chi connectivity index (χ4v) is 4.22. The van der Waals surface area contributed by atoms with Crippen molar-refractivity contribution in [1.29, 1.82) is 0 Å². The van der Waals surface area contributed by atoms with E-state index in [0.29, 0.717) is 19.5 Å². The molecule has 0 saturated carbocycles. The zero-order valence-corrected chi connectivity index (χ0v) is 23.6. The minimum absolute atomic E-state index is 0.130. The molecule has 1 heterocycles. The van der Waals surface area contributed by atoms with Crippen molar-refractivity contribution < 1.29 is 24.3 Å². The van der Waals surface area contributed by atoms with Gasteiger partial charge in [-0.2, -0.15) is 0 Å². The predicted octanol–water partition coefficient (Wildman–Crippen LogP) is 3.67. The van der Waals surface area contributed by atoms with Gasteiger partial charge in [-0.15, -0.1) is 0 Å². The Kier molecular flexibility index (Phi) is 17.8. The van der Waals surface area contributed by atoms with Gasteiger partial charge in [0, 0.05) is 19.5 Å². The molecule has 4 atom stereocenters. The van der Waals surface area contributed by atoms with Gasteiger partial charge in [0.25, 0.3) is 0 Å². The molecule has 0 bridgehead atoms. The number of aliphatic hydroxyl groups is 1. The summed E-state index contributed by atoms with van der Waals surface area (Å²) in [6.07, 6.45) is 17.9. The van der Waals surface area contributed by atoms with Gasteiger partial charge in [0.15, 0.2) is 5.78 Å².